The molecule has 1 N–H and O–H groups in total. The predicted octanol–water partition coefficient (Wildman–Crippen LogP) is 4.59. The Morgan fingerprint density at radius 2 is 1.96 bits per heavy atom. The van der Waals surface area contributed by atoms with Gasteiger partial charge < -0.3 is 10.1 Å². The van der Waals surface area contributed by atoms with Crippen LogP contribution in [0.25, 0.3) is 6.08 Å². The van der Waals surface area contributed by atoms with Gasteiger partial charge in [-0.1, -0.05) is 23.7 Å². The van der Waals surface area contributed by atoms with Crippen molar-refractivity contribution < 1.29 is 18.7 Å². The van der Waals surface area contributed by atoms with E-state index in [-0.39, 0.29) is 22.6 Å². The van der Waals surface area contributed by atoms with Crippen LogP contribution in [0.2, 0.25) is 5.02 Å². The molecule has 0 spiro atoms. The third kappa shape index (κ3) is 4.00. The monoisotopic (exact) mass is 392 g/mol. The quantitative estimate of drug-likeness (QED) is 0.754. The Morgan fingerprint density at radius 3 is 2.62 bits per heavy atom. The van der Waals surface area contributed by atoms with Gasteiger partial charge in [0.2, 0.25) is 0 Å². The van der Waals surface area contributed by atoms with E-state index < -0.39 is 5.91 Å². The number of hydrogen-bond acceptors (Lipinski definition) is 5. The van der Waals surface area contributed by atoms with E-state index in [1.807, 2.05) is 0 Å². The van der Waals surface area contributed by atoms with Gasteiger partial charge in [-0.25, -0.2) is 4.39 Å². The summed E-state index contributed by atoms with van der Waals surface area (Å²) >= 11 is 6.90. The highest BCUT2D eigenvalue weighted by molar-refractivity contribution is 8.18. The molecule has 0 bridgehead atoms. The largest absolute Gasteiger partial charge is 0.495 e. The first-order chi connectivity index (χ1) is 12.5. The van der Waals surface area contributed by atoms with Gasteiger partial charge in [-0.15, -0.1) is 0 Å². The summed E-state index contributed by atoms with van der Waals surface area (Å²) in [6.45, 7) is 0.00802. The van der Waals surface area contributed by atoms with E-state index in [2.05, 4.69) is 5.32 Å². The number of hydrogen-bond donors (Lipinski definition) is 1. The van der Waals surface area contributed by atoms with Crippen LogP contribution in [0, 0.1) is 5.82 Å². The first-order valence-corrected chi connectivity index (χ1v) is 8.76. The molecule has 1 aliphatic rings. The zero-order valence-corrected chi connectivity index (χ0v) is 15.2. The molecule has 26 heavy (non-hydrogen) atoms. The maximum atomic E-state index is 13.0. The number of thioether (sulfide) groups is 1. The van der Waals surface area contributed by atoms with Crippen LogP contribution in [-0.2, 0) is 4.79 Å². The molecule has 134 valence electrons. The lowest BCUT2D eigenvalue weighted by molar-refractivity contribution is -0.122. The average molecular weight is 393 g/mol. The molecule has 3 rings (SSSR count). The van der Waals surface area contributed by atoms with Crippen molar-refractivity contribution in [1.29, 1.82) is 0 Å². The average Bonchev–Trinajstić information content (AvgIpc) is 2.88. The second kappa shape index (κ2) is 7.80. The zero-order valence-electron chi connectivity index (χ0n) is 13.7. The van der Waals surface area contributed by atoms with Crippen LogP contribution in [0.15, 0.2) is 47.4 Å². The molecule has 0 aliphatic carbocycles. The molecule has 0 radical (unpaired) electrons. The number of benzene rings is 2. The topological polar surface area (TPSA) is 58.6 Å². The van der Waals surface area contributed by atoms with Crippen molar-refractivity contribution in [3.63, 3.8) is 0 Å². The Bertz CT molecular complexity index is 887. The zero-order chi connectivity index (χ0) is 18.7. The number of carbonyl (C=O) groups is 2. The van der Waals surface area contributed by atoms with Crippen LogP contribution < -0.4 is 10.1 Å². The fourth-order valence-corrected chi connectivity index (χ4v) is 3.39. The summed E-state index contributed by atoms with van der Waals surface area (Å²) in [5.74, 6) is -0.236. The molecule has 1 saturated heterocycles. The summed E-state index contributed by atoms with van der Waals surface area (Å²) in [6, 6.07) is 10.7. The van der Waals surface area contributed by atoms with Gasteiger partial charge in [-0.3, -0.25) is 14.5 Å². The first-order valence-electron chi connectivity index (χ1n) is 7.56. The maximum Gasteiger partial charge on any atom is 0.295 e. The Morgan fingerprint density at radius 1 is 1.23 bits per heavy atom. The molecule has 2 aromatic rings. The van der Waals surface area contributed by atoms with Crippen LogP contribution in [-0.4, -0.2) is 29.8 Å². The highest BCUT2D eigenvalue weighted by Crippen LogP contribution is 2.32. The van der Waals surface area contributed by atoms with E-state index in [0.29, 0.717) is 22.0 Å². The lowest BCUT2D eigenvalue weighted by atomic mass is 10.2. The third-order valence-electron chi connectivity index (χ3n) is 3.63. The fourth-order valence-electron chi connectivity index (χ4n) is 2.29. The number of imide groups is 1. The Labute approximate surface area is 158 Å². The molecule has 2 aromatic carbocycles. The number of rotatable bonds is 5. The van der Waals surface area contributed by atoms with E-state index in [1.54, 1.807) is 36.4 Å². The lowest BCUT2D eigenvalue weighted by Gasteiger charge is -2.15. The lowest BCUT2D eigenvalue weighted by Crippen LogP contribution is -2.33. The Balaban J connectivity index is 1.69. The molecule has 0 atom stereocenters. The van der Waals surface area contributed by atoms with Crippen molar-refractivity contribution >= 4 is 46.3 Å². The van der Waals surface area contributed by atoms with Gasteiger partial charge in [0.25, 0.3) is 11.1 Å². The van der Waals surface area contributed by atoms with Crippen LogP contribution in [0.3, 0.4) is 0 Å². The minimum atomic E-state index is -0.406. The highest BCUT2D eigenvalue weighted by atomic mass is 35.5. The summed E-state index contributed by atoms with van der Waals surface area (Å²) in [5, 5.41) is 3.03. The molecule has 0 saturated carbocycles. The molecule has 8 heteroatoms. The summed E-state index contributed by atoms with van der Waals surface area (Å²) in [5.41, 5.74) is 1.30. The molecule has 0 aromatic heterocycles. The van der Waals surface area contributed by atoms with Gasteiger partial charge in [0.05, 0.1) is 23.7 Å². The summed E-state index contributed by atoms with van der Waals surface area (Å²) in [4.78, 5) is 25.9. The van der Waals surface area contributed by atoms with Crippen molar-refractivity contribution in [2.45, 2.75) is 0 Å². The number of halogens is 2. The molecule has 1 heterocycles. The number of nitrogens with zero attached hydrogens (tertiary/aromatic N) is 1. The van der Waals surface area contributed by atoms with Gasteiger partial charge in [-0.05, 0) is 53.7 Å². The van der Waals surface area contributed by atoms with Crippen molar-refractivity contribution in [3.8, 4) is 5.75 Å². The van der Waals surface area contributed by atoms with E-state index in [4.69, 9.17) is 16.3 Å². The minimum Gasteiger partial charge on any atom is -0.495 e. The standard InChI is InChI=1S/C18H14ClFN2O3S/c1-25-15-7-6-13(9-14(15)19)21-10-22-17(23)16(26-18(22)24)8-11-2-4-12(20)5-3-11/h2-9,21H,10H2,1H3/b16-8-. The van der Waals surface area contributed by atoms with Crippen LogP contribution in [0.1, 0.15) is 5.56 Å². The Kier molecular flexibility index (Phi) is 5.49. The molecule has 1 fully saturated rings. The second-order valence-corrected chi connectivity index (χ2v) is 6.75. The third-order valence-corrected chi connectivity index (χ3v) is 4.84. The number of ether oxygens (including phenoxy) is 1. The summed E-state index contributed by atoms with van der Waals surface area (Å²) in [6.07, 6.45) is 1.56. The highest BCUT2D eigenvalue weighted by Gasteiger charge is 2.34. The molecule has 5 nitrogen and oxygen atoms in total. The van der Waals surface area contributed by atoms with E-state index >= 15 is 0 Å². The molecule has 2 amide bonds. The van der Waals surface area contributed by atoms with Crippen LogP contribution in [0.5, 0.6) is 5.75 Å². The van der Waals surface area contributed by atoms with E-state index in [1.165, 1.54) is 19.2 Å². The Hall–Kier alpha value is -2.51. The molecule has 1 aliphatic heterocycles. The number of anilines is 1. The minimum absolute atomic E-state index is 0.00802. The summed E-state index contributed by atoms with van der Waals surface area (Å²) in [7, 11) is 1.52. The normalized spacial score (nSPS) is 15.7. The van der Waals surface area contributed by atoms with Crippen molar-refractivity contribution in [3.05, 3.63) is 63.8 Å². The number of carbonyl (C=O) groups excluding carboxylic acids is 2. The van der Waals surface area contributed by atoms with Gasteiger partial charge in [0.15, 0.2) is 0 Å². The molecular formula is C18H14ClFN2O3S. The second-order valence-electron chi connectivity index (χ2n) is 5.35. The number of methoxy groups -OCH3 is 1. The smallest absolute Gasteiger partial charge is 0.295 e. The van der Waals surface area contributed by atoms with E-state index in [0.717, 1.165) is 16.7 Å². The van der Waals surface area contributed by atoms with Gasteiger partial charge in [0, 0.05) is 5.69 Å². The van der Waals surface area contributed by atoms with Gasteiger partial charge >= 0.3 is 0 Å². The van der Waals surface area contributed by atoms with Gasteiger partial charge in [-0.2, -0.15) is 0 Å². The van der Waals surface area contributed by atoms with Crippen LogP contribution in [0.4, 0.5) is 14.9 Å². The SMILES string of the molecule is COc1ccc(NCN2C(=O)S/C(=C\c3ccc(F)cc3)C2=O)cc1Cl. The predicted molar refractivity (Wildman–Crippen MR) is 101 cm³/mol. The maximum absolute atomic E-state index is 13.0. The van der Waals surface area contributed by atoms with Gasteiger partial charge in [0.1, 0.15) is 11.6 Å². The van der Waals surface area contributed by atoms with Crippen LogP contribution >= 0.6 is 23.4 Å². The molecule has 0 unspecified atom stereocenters. The number of amides is 2. The summed E-state index contributed by atoms with van der Waals surface area (Å²) < 4.78 is 18.0. The van der Waals surface area contributed by atoms with Crippen molar-refractivity contribution in [1.82, 2.24) is 4.90 Å². The number of nitrogens with one attached hydrogen (secondary N) is 1. The fraction of sp³-hybridized carbons (Fsp3) is 0.111. The first kappa shape index (κ1) is 18.3. The van der Waals surface area contributed by atoms with Crippen molar-refractivity contribution in [2.75, 3.05) is 19.1 Å². The van der Waals surface area contributed by atoms with E-state index in [9.17, 15) is 14.0 Å². The van der Waals surface area contributed by atoms with Crippen molar-refractivity contribution in [2.24, 2.45) is 0 Å². The molecular weight excluding hydrogens is 379 g/mol.